The van der Waals surface area contributed by atoms with Gasteiger partial charge < -0.3 is 14.1 Å². The lowest BCUT2D eigenvalue weighted by molar-refractivity contribution is -0.128. The van der Waals surface area contributed by atoms with E-state index in [1.54, 1.807) is 20.2 Å². The van der Waals surface area contributed by atoms with E-state index in [0.29, 0.717) is 12.4 Å². The van der Waals surface area contributed by atoms with Gasteiger partial charge in [0.15, 0.2) is 5.76 Å². The fourth-order valence-corrected chi connectivity index (χ4v) is 2.91. The van der Waals surface area contributed by atoms with Crippen LogP contribution in [0.4, 0.5) is 0 Å². The van der Waals surface area contributed by atoms with Gasteiger partial charge in [0, 0.05) is 38.7 Å². The van der Waals surface area contributed by atoms with Crippen LogP contribution in [0.1, 0.15) is 19.2 Å². The Kier molecular flexibility index (Phi) is 5.15. The van der Waals surface area contributed by atoms with E-state index in [9.17, 15) is 4.79 Å². The van der Waals surface area contributed by atoms with Gasteiger partial charge in [0.2, 0.25) is 11.8 Å². The number of hydrogen-bond acceptors (Lipinski definition) is 5. The van der Waals surface area contributed by atoms with Crippen LogP contribution < -0.4 is 4.74 Å². The molecule has 1 fully saturated rings. The highest BCUT2D eigenvalue weighted by Gasteiger charge is 2.18. The van der Waals surface area contributed by atoms with Crippen molar-refractivity contribution >= 4 is 5.91 Å². The Morgan fingerprint density at radius 3 is 2.71 bits per heavy atom. The second kappa shape index (κ2) is 7.49. The van der Waals surface area contributed by atoms with E-state index >= 15 is 0 Å². The summed E-state index contributed by atoms with van der Waals surface area (Å²) in [6.07, 6.45) is 2.74. The van der Waals surface area contributed by atoms with Gasteiger partial charge in [-0.25, -0.2) is 4.98 Å². The van der Waals surface area contributed by atoms with Gasteiger partial charge in [-0.05, 0) is 30.7 Å². The molecule has 0 bridgehead atoms. The number of methoxy groups -OCH3 is 1. The number of rotatable bonds is 4. The third-order valence-electron chi connectivity index (χ3n) is 4.32. The van der Waals surface area contributed by atoms with Crippen LogP contribution in [-0.2, 0) is 11.3 Å². The summed E-state index contributed by atoms with van der Waals surface area (Å²) in [6.45, 7) is 5.69. The van der Waals surface area contributed by atoms with E-state index < -0.39 is 0 Å². The third-order valence-corrected chi connectivity index (χ3v) is 4.32. The Balaban J connectivity index is 1.62. The van der Waals surface area contributed by atoms with Crippen molar-refractivity contribution in [3.8, 4) is 17.1 Å². The van der Waals surface area contributed by atoms with E-state index in [4.69, 9.17) is 9.15 Å². The van der Waals surface area contributed by atoms with Gasteiger partial charge in [0.25, 0.3) is 0 Å². The summed E-state index contributed by atoms with van der Waals surface area (Å²) in [5, 5.41) is 0. The number of ether oxygens (including phenoxy) is 1. The van der Waals surface area contributed by atoms with Crippen LogP contribution in [0.25, 0.3) is 11.3 Å². The first-order chi connectivity index (χ1) is 11.7. The summed E-state index contributed by atoms with van der Waals surface area (Å²) in [5.41, 5.74) is 0.980. The Morgan fingerprint density at radius 2 is 2.00 bits per heavy atom. The van der Waals surface area contributed by atoms with Crippen LogP contribution in [0, 0.1) is 0 Å². The molecular formula is C18H23N3O3. The Morgan fingerprint density at radius 1 is 1.21 bits per heavy atom. The summed E-state index contributed by atoms with van der Waals surface area (Å²) in [7, 11) is 1.65. The predicted molar refractivity (Wildman–Crippen MR) is 90.6 cm³/mol. The Labute approximate surface area is 142 Å². The van der Waals surface area contributed by atoms with Gasteiger partial charge >= 0.3 is 0 Å². The second-order valence-corrected chi connectivity index (χ2v) is 5.98. The molecule has 1 aromatic carbocycles. The number of aromatic nitrogens is 1. The molecular weight excluding hydrogens is 306 g/mol. The quantitative estimate of drug-likeness (QED) is 0.862. The van der Waals surface area contributed by atoms with Gasteiger partial charge in [-0.2, -0.15) is 0 Å². The second-order valence-electron chi connectivity index (χ2n) is 5.98. The first-order valence-corrected chi connectivity index (χ1v) is 8.22. The molecule has 0 saturated carbocycles. The number of carbonyl (C=O) groups is 1. The van der Waals surface area contributed by atoms with E-state index in [1.165, 1.54) is 0 Å². The largest absolute Gasteiger partial charge is 0.497 e. The molecule has 0 unspecified atom stereocenters. The van der Waals surface area contributed by atoms with Crippen LogP contribution in [0.3, 0.4) is 0 Å². The molecule has 0 aliphatic carbocycles. The molecule has 6 nitrogen and oxygen atoms in total. The minimum absolute atomic E-state index is 0.148. The molecule has 1 saturated heterocycles. The molecule has 24 heavy (non-hydrogen) atoms. The normalized spacial score (nSPS) is 16.0. The van der Waals surface area contributed by atoms with Gasteiger partial charge in [0.05, 0.1) is 19.9 Å². The van der Waals surface area contributed by atoms with Crippen molar-refractivity contribution in [1.82, 2.24) is 14.8 Å². The zero-order valence-corrected chi connectivity index (χ0v) is 14.2. The van der Waals surface area contributed by atoms with E-state index in [-0.39, 0.29) is 5.91 Å². The topological polar surface area (TPSA) is 58.8 Å². The summed E-state index contributed by atoms with van der Waals surface area (Å²) >= 11 is 0. The lowest BCUT2D eigenvalue weighted by atomic mass is 10.2. The van der Waals surface area contributed by atoms with Crippen LogP contribution in [0.5, 0.6) is 5.75 Å². The van der Waals surface area contributed by atoms with Crippen LogP contribution in [-0.4, -0.2) is 54.0 Å². The summed E-state index contributed by atoms with van der Waals surface area (Å²) < 4.78 is 11.1. The van der Waals surface area contributed by atoms with Crippen molar-refractivity contribution < 1.29 is 13.9 Å². The van der Waals surface area contributed by atoms with Crippen molar-refractivity contribution in [1.29, 1.82) is 0 Å². The average Bonchev–Trinajstić information content (AvgIpc) is 2.92. The predicted octanol–water partition coefficient (Wildman–Crippen LogP) is 2.40. The highest BCUT2D eigenvalue weighted by atomic mass is 16.5. The summed E-state index contributed by atoms with van der Waals surface area (Å²) in [5.74, 6) is 2.43. The molecule has 0 N–H and O–H groups in total. The highest BCUT2D eigenvalue weighted by molar-refractivity contribution is 5.73. The van der Waals surface area contributed by atoms with E-state index in [2.05, 4.69) is 9.88 Å². The first-order valence-electron chi connectivity index (χ1n) is 8.22. The first kappa shape index (κ1) is 16.5. The molecule has 2 aromatic rings. The van der Waals surface area contributed by atoms with Crippen LogP contribution >= 0.6 is 0 Å². The SMILES string of the molecule is COc1ccc(-c2cnc(CN3CCCN(C(C)=O)CC3)o2)cc1. The highest BCUT2D eigenvalue weighted by Crippen LogP contribution is 2.23. The minimum atomic E-state index is 0.148. The molecule has 1 aromatic heterocycles. The lowest BCUT2D eigenvalue weighted by Gasteiger charge is -2.19. The standard InChI is InChI=1S/C18H23N3O3/c1-14(22)21-9-3-8-20(10-11-21)13-18-19-12-17(24-18)15-4-6-16(23-2)7-5-15/h4-7,12H,3,8-11,13H2,1-2H3. The smallest absolute Gasteiger partial charge is 0.219 e. The molecule has 0 radical (unpaired) electrons. The number of benzene rings is 1. The molecule has 2 heterocycles. The zero-order chi connectivity index (χ0) is 16.9. The fraction of sp³-hybridized carbons (Fsp3) is 0.444. The molecule has 1 aliphatic heterocycles. The third kappa shape index (κ3) is 3.94. The molecule has 1 amide bonds. The average molecular weight is 329 g/mol. The molecule has 0 spiro atoms. The van der Waals surface area contributed by atoms with Gasteiger partial charge in [-0.3, -0.25) is 9.69 Å². The maximum Gasteiger partial charge on any atom is 0.219 e. The number of carbonyl (C=O) groups excluding carboxylic acids is 1. The van der Waals surface area contributed by atoms with Crippen molar-refractivity contribution in [2.45, 2.75) is 19.9 Å². The lowest BCUT2D eigenvalue weighted by Crippen LogP contribution is -2.33. The minimum Gasteiger partial charge on any atom is -0.497 e. The molecule has 0 atom stereocenters. The Hall–Kier alpha value is -2.34. The monoisotopic (exact) mass is 329 g/mol. The van der Waals surface area contributed by atoms with E-state index in [0.717, 1.165) is 49.7 Å². The van der Waals surface area contributed by atoms with Crippen molar-refractivity contribution in [2.24, 2.45) is 0 Å². The molecule has 128 valence electrons. The molecule has 1 aliphatic rings. The number of amides is 1. The summed E-state index contributed by atoms with van der Waals surface area (Å²) in [6, 6.07) is 7.73. The van der Waals surface area contributed by atoms with E-state index in [1.807, 2.05) is 29.2 Å². The van der Waals surface area contributed by atoms with Crippen molar-refractivity contribution in [3.63, 3.8) is 0 Å². The van der Waals surface area contributed by atoms with Gasteiger partial charge in [0.1, 0.15) is 5.75 Å². The number of oxazole rings is 1. The van der Waals surface area contributed by atoms with Crippen molar-refractivity contribution in [2.75, 3.05) is 33.3 Å². The molecule has 6 heteroatoms. The summed E-state index contributed by atoms with van der Waals surface area (Å²) in [4.78, 5) is 20.1. The van der Waals surface area contributed by atoms with Crippen LogP contribution in [0.15, 0.2) is 34.9 Å². The number of hydrogen-bond donors (Lipinski definition) is 0. The zero-order valence-electron chi connectivity index (χ0n) is 14.2. The maximum absolute atomic E-state index is 11.5. The van der Waals surface area contributed by atoms with Crippen molar-refractivity contribution in [3.05, 3.63) is 36.4 Å². The van der Waals surface area contributed by atoms with Crippen LogP contribution in [0.2, 0.25) is 0 Å². The Bertz CT molecular complexity index is 681. The van der Waals surface area contributed by atoms with Gasteiger partial charge in [-0.1, -0.05) is 0 Å². The fourth-order valence-electron chi connectivity index (χ4n) is 2.91. The van der Waals surface area contributed by atoms with Gasteiger partial charge in [-0.15, -0.1) is 0 Å². The number of nitrogens with zero attached hydrogens (tertiary/aromatic N) is 3. The molecule has 3 rings (SSSR count). The maximum atomic E-state index is 11.5.